The third kappa shape index (κ3) is 3.07. The lowest BCUT2D eigenvalue weighted by Gasteiger charge is -2.19. The molecule has 1 aliphatic rings. The maximum absolute atomic E-state index is 12.7. The lowest BCUT2D eigenvalue weighted by atomic mass is 9.94. The number of hydrogen-bond donors (Lipinski definition) is 1. The number of carbonyl (C=O) groups is 2. The number of para-hydroxylation sites is 1. The Labute approximate surface area is 135 Å². The molecule has 4 nitrogen and oxygen atoms in total. The predicted molar refractivity (Wildman–Crippen MR) is 89.4 cm³/mol. The standard InChI is InChI=1S/C19H21NO3/c1-12-17(15-10-6-7-11-16(15)20-12)18(21)13(2)23-19(22)14-8-4-3-5-9-14/h3-4,6-7,10-11,13-14,20H,5,8-9H2,1-2H3/t13-,14-/m0/s1. The van der Waals surface area contributed by atoms with Gasteiger partial charge in [0, 0.05) is 22.2 Å². The summed E-state index contributed by atoms with van der Waals surface area (Å²) in [6.45, 7) is 3.52. The molecular weight excluding hydrogens is 290 g/mol. The second kappa shape index (κ2) is 6.41. The van der Waals surface area contributed by atoms with Gasteiger partial charge in [-0.3, -0.25) is 9.59 Å². The normalized spacial score (nSPS) is 18.8. The molecule has 3 rings (SSSR count). The molecule has 120 valence electrons. The van der Waals surface area contributed by atoms with Crippen molar-refractivity contribution in [1.29, 1.82) is 0 Å². The number of benzene rings is 1. The second-order valence-electron chi connectivity index (χ2n) is 6.10. The van der Waals surface area contributed by atoms with Crippen molar-refractivity contribution in [2.75, 3.05) is 0 Å². The zero-order chi connectivity index (χ0) is 16.4. The topological polar surface area (TPSA) is 59.2 Å². The number of hydrogen-bond acceptors (Lipinski definition) is 3. The maximum atomic E-state index is 12.7. The molecule has 0 spiro atoms. The summed E-state index contributed by atoms with van der Waals surface area (Å²) >= 11 is 0. The fourth-order valence-corrected chi connectivity index (χ4v) is 3.13. The third-order valence-corrected chi connectivity index (χ3v) is 4.40. The number of fused-ring (bicyclic) bond motifs is 1. The Morgan fingerprint density at radius 2 is 2.04 bits per heavy atom. The number of aromatic amines is 1. The molecule has 0 aliphatic heterocycles. The van der Waals surface area contributed by atoms with Crippen LogP contribution in [0.25, 0.3) is 10.9 Å². The Bertz CT molecular complexity index is 772. The van der Waals surface area contributed by atoms with Gasteiger partial charge in [-0.05, 0) is 39.2 Å². The number of Topliss-reactive ketones (excluding diaryl/α,β-unsaturated/α-hetero) is 1. The highest BCUT2D eigenvalue weighted by Crippen LogP contribution is 2.25. The van der Waals surface area contributed by atoms with Gasteiger partial charge in [0.2, 0.25) is 5.78 Å². The highest BCUT2D eigenvalue weighted by molar-refractivity contribution is 6.11. The van der Waals surface area contributed by atoms with Gasteiger partial charge in [-0.25, -0.2) is 0 Å². The summed E-state index contributed by atoms with van der Waals surface area (Å²) < 4.78 is 5.44. The summed E-state index contributed by atoms with van der Waals surface area (Å²) in [5.41, 5.74) is 2.34. The minimum absolute atomic E-state index is 0.126. The number of esters is 1. The largest absolute Gasteiger partial charge is 0.454 e. The van der Waals surface area contributed by atoms with Crippen LogP contribution in [0.5, 0.6) is 0 Å². The molecule has 1 heterocycles. The van der Waals surface area contributed by atoms with E-state index in [0.29, 0.717) is 12.0 Å². The van der Waals surface area contributed by atoms with Gasteiger partial charge in [0.1, 0.15) is 0 Å². The van der Waals surface area contributed by atoms with Gasteiger partial charge in [-0.1, -0.05) is 30.4 Å². The average Bonchev–Trinajstić information content (AvgIpc) is 2.90. The Balaban J connectivity index is 1.77. The Kier molecular flexibility index (Phi) is 4.33. The lowest BCUT2D eigenvalue weighted by molar-refractivity contribution is -0.151. The quantitative estimate of drug-likeness (QED) is 0.528. The lowest BCUT2D eigenvalue weighted by Crippen LogP contribution is -2.29. The van der Waals surface area contributed by atoms with E-state index in [1.807, 2.05) is 37.3 Å². The number of ketones is 1. The molecule has 0 saturated heterocycles. The molecule has 0 bridgehead atoms. The second-order valence-corrected chi connectivity index (χ2v) is 6.10. The monoisotopic (exact) mass is 311 g/mol. The van der Waals surface area contributed by atoms with Crippen LogP contribution in [0.4, 0.5) is 0 Å². The molecule has 23 heavy (non-hydrogen) atoms. The Hall–Kier alpha value is -2.36. The number of carbonyl (C=O) groups excluding carboxylic acids is 2. The number of H-pyrrole nitrogens is 1. The molecular formula is C19H21NO3. The van der Waals surface area contributed by atoms with Crippen molar-refractivity contribution in [3.8, 4) is 0 Å². The molecule has 4 heteroatoms. The van der Waals surface area contributed by atoms with Crippen molar-refractivity contribution in [2.45, 2.75) is 39.2 Å². The summed E-state index contributed by atoms with van der Waals surface area (Å²) in [5.74, 6) is -0.549. The van der Waals surface area contributed by atoms with Gasteiger partial charge in [-0.2, -0.15) is 0 Å². The first-order chi connectivity index (χ1) is 11.1. The molecule has 2 atom stereocenters. The van der Waals surface area contributed by atoms with Crippen molar-refractivity contribution in [1.82, 2.24) is 4.98 Å². The van der Waals surface area contributed by atoms with Crippen LogP contribution in [0.2, 0.25) is 0 Å². The van der Waals surface area contributed by atoms with Crippen molar-refractivity contribution >= 4 is 22.7 Å². The van der Waals surface area contributed by atoms with Crippen molar-refractivity contribution in [3.63, 3.8) is 0 Å². The number of ether oxygens (including phenoxy) is 1. The van der Waals surface area contributed by atoms with Crippen molar-refractivity contribution < 1.29 is 14.3 Å². The summed E-state index contributed by atoms with van der Waals surface area (Å²) in [4.78, 5) is 28.2. The fraction of sp³-hybridized carbons (Fsp3) is 0.368. The molecule has 0 fully saturated rings. The SMILES string of the molecule is Cc1[nH]c2ccccc2c1C(=O)[C@H](C)OC(=O)[C@H]1CC=CCC1. The predicted octanol–water partition coefficient (Wildman–Crippen LogP) is 3.95. The van der Waals surface area contributed by atoms with E-state index in [-0.39, 0.29) is 17.7 Å². The first kappa shape index (κ1) is 15.5. The molecule has 0 amide bonds. The number of aryl methyl sites for hydroxylation is 1. The highest BCUT2D eigenvalue weighted by atomic mass is 16.5. The number of allylic oxidation sites excluding steroid dienone is 2. The molecule has 2 aromatic rings. The van der Waals surface area contributed by atoms with E-state index in [4.69, 9.17) is 4.74 Å². The van der Waals surface area contributed by atoms with Gasteiger partial charge < -0.3 is 9.72 Å². The van der Waals surface area contributed by atoms with Crippen LogP contribution in [-0.4, -0.2) is 22.8 Å². The first-order valence-electron chi connectivity index (χ1n) is 8.05. The third-order valence-electron chi connectivity index (χ3n) is 4.40. The van der Waals surface area contributed by atoms with Gasteiger partial charge in [0.25, 0.3) is 0 Å². The molecule has 0 radical (unpaired) electrons. The van der Waals surface area contributed by atoms with E-state index in [9.17, 15) is 9.59 Å². The highest BCUT2D eigenvalue weighted by Gasteiger charge is 2.27. The van der Waals surface area contributed by atoms with E-state index in [1.54, 1.807) is 6.92 Å². The summed E-state index contributed by atoms with van der Waals surface area (Å²) in [7, 11) is 0. The van der Waals surface area contributed by atoms with Gasteiger partial charge >= 0.3 is 5.97 Å². The van der Waals surface area contributed by atoms with Crippen molar-refractivity contribution in [2.24, 2.45) is 5.92 Å². The van der Waals surface area contributed by atoms with Gasteiger partial charge in [0.15, 0.2) is 6.10 Å². The molecule has 1 N–H and O–H groups in total. The summed E-state index contributed by atoms with van der Waals surface area (Å²) in [6, 6.07) is 7.67. The summed E-state index contributed by atoms with van der Waals surface area (Å²) in [5, 5.41) is 0.874. The maximum Gasteiger partial charge on any atom is 0.309 e. The van der Waals surface area contributed by atoms with Crippen LogP contribution in [0, 0.1) is 12.8 Å². The molecule has 0 unspecified atom stereocenters. The Morgan fingerprint density at radius 1 is 1.26 bits per heavy atom. The minimum atomic E-state index is -0.772. The zero-order valence-electron chi connectivity index (χ0n) is 13.5. The number of rotatable bonds is 4. The van der Waals surface area contributed by atoms with Crippen LogP contribution in [-0.2, 0) is 9.53 Å². The van der Waals surface area contributed by atoms with E-state index in [1.165, 1.54) is 0 Å². The average molecular weight is 311 g/mol. The van der Waals surface area contributed by atoms with Crippen LogP contribution in [0.3, 0.4) is 0 Å². The fourth-order valence-electron chi connectivity index (χ4n) is 3.13. The first-order valence-corrected chi connectivity index (χ1v) is 8.05. The zero-order valence-corrected chi connectivity index (χ0v) is 13.5. The van der Waals surface area contributed by atoms with Crippen molar-refractivity contribution in [3.05, 3.63) is 47.7 Å². The molecule has 0 saturated carbocycles. The van der Waals surface area contributed by atoms with E-state index < -0.39 is 6.10 Å². The van der Waals surface area contributed by atoms with Gasteiger partial charge in [0.05, 0.1) is 5.92 Å². The molecule has 1 aromatic heterocycles. The van der Waals surface area contributed by atoms with Crippen LogP contribution < -0.4 is 0 Å². The van der Waals surface area contributed by atoms with Gasteiger partial charge in [-0.15, -0.1) is 0 Å². The summed E-state index contributed by atoms with van der Waals surface area (Å²) in [6.07, 6.45) is 5.70. The number of aromatic nitrogens is 1. The van der Waals surface area contributed by atoms with E-state index in [0.717, 1.165) is 29.4 Å². The molecule has 1 aromatic carbocycles. The smallest absolute Gasteiger partial charge is 0.309 e. The van der Waals surface area contributed by atoms with Crippen LogP contribution in [0.15, 0.2) is 36.4 Å². The van der Waals surface area contributed by atoms with E-state index >= 15 is 0 Å². The van der Waals surface area contributed by atoms with Crippen LogP contribution in [0.1, 0.15) is 42.2 Å². The van der Waals surface area contributed by atoms with Crippen LogP contribution >= 0.6 is 0 Å². The minimum Gasteiger partial charge on any atom is -0.454 e. The molecule has 1 aliphatic carbocycles. The van der Waals surface area contributed by atoms with E-state index in [2.05, 4.69) is 11.1 Å². The number of nitrogens with one attached hydrogen (secondary N) is 1. The Morgan fingerprint density at radius 3 is 2.78 bits per heavy atom.